The van der Waals surface area contributed by atoms with Gasteiger partial charge in [-0.2, -0.15) is 0 Å². The Kier molecular flexibility index (Phi) is 4.00. The number of carbonyl (C=O) groups excluding carboxylic acids is 2. The number of likely N-dealkylation sites (N-methyl/N-ethyl adjacent to an activating group) is 1. The molecule has 1 heterocycles. The number of nitrogens with zero attached hydrogens (tertiary/aromatic N) is 1. The Balaban J connectivity index is 2.09. The number of likely N-dealkylation sites (tertiary alicyclic amines) is 1. The van der Waals surface area contributed by atoms with Crippen molar-refractivity contribution in [2.45, 2.75) is 53.0 Å². The van der Waals surface area contributed by atoms with Gasteiger partial charge in [-0.1, -0.05) is 34.1 Å². The van der Waals surface area contributed by atoms with Crippen LogP contribution in [0.15, 0.2) is 0 Å². The zero-order valence-electron chi connectivity index (χ0n) is 12.5. The number of amides is 2. The van der Waals surface area contributed by atoms with Gasteiger partial charge < -0.3 is 5.32 Å². The summed E-state index contributed by atoms with van der Waals surface area (Å²) in [4.78, 5) is 26.2. The number of carbonyl (C=O) groups is 2. The number of hydrogen-bond donors (Lipinski definition) is 1. The lowest BCUT2D eigenvalue weighted by Gasteiger charge is -2.34. The number of hydrogen-bond acceptors (Lipinski definition) is 3. The van der Waals surface area contributed by atoms with Gasteiger partial charge in [0.2, 0.25) is 11.8 Å². The predicted molar refractivity (Wildman–Crippen MR) is 74.5 cm³/mol. The van der Waals surface area contributed by atoms with Crippen LogP contribution in [0.25, 0.3) is 0 Å². The van der Waals surface area contributed by atoms with Crippen LogP contribution in [0.2, 0.25) is 0 Å². The van der Waals surface area contributed by atoms with Crippen molar-refractivity contribution >= 4 is 11.8 Å². The van der Waals surface area contributed by atoms with Gasteiger partial charge in [0.1, 0.15) is 0 Å². The molecule has 2 fully saturated rings. The van der Waals surface area contributed by atoms with Gasteiger partial charge in [-0.15, -0.1) is 0 Å². The molecule has 1 aliphatic carbocycles. The first kappa shape index (κ1) is 14.5. The number of fused-ring (bicyclic) bond motifs is 1. The van der Waals surface area contributed by atoms with Crippen molar-refractivity contribution in [3.8, 4) is 0 Å². The van der Waals surface area contributed by atoms with E-state index in [1.165, 1.54) is 4.90 Å². The summed E-state index contributed by atoms with van der Waals surface area (Å²) in [5.74, 6) is 0.101. The summed E-state index contributed by atoms with van der Waals surface area (Å²) in [6.07, 6.45) is 2.82. The second-order valence-corrected chi connectivity index (χ2v) is 6.91. The molecule has 0 radical (unpaired) electrons. The zero-order valence-corrected chi connectivity index (χ0v) is 12.5. The average Bonchev–Trinajstić information content (AvgIpc) is 2.86. The molecule has 2 rings (SSSR count). The molecule has 0 bridgehead atoms. The third kappa shape index (κ3) is 2.69. The molecule has 3 atom stereocenters. The van der Waals surface area contributed by atoms with Crippen LogP contribution in [0, 0.1) is 17.3 Å². The van der Waals surface area contributed by atoms with Crippen LogP contribution in [0.3, 0.4) is 0 Å². The molecule has 4 heteroatoms. The van der Waals surface area contributed by atoms with Crippen LogP contribution >= 0.6 is 0 Å². The summed E-state index contributed by atoms with van der Waals surface area (Å²) in [6.45, 7) is 9.86. The van der Waals surface area contributed by atoms with E-state index in [4.69, 9.17) is 0 Å². The molecule has 1 saturated carbocycles. The lowest BCUT2D eigenvalue weighted by atomic mass is 9.86. The van der Waals surface area contributed by atoms with E-state index in [9.17, 15) is 9.59 Å². The largest absolute Gasteiger partial charge is 0.312 e. The molecular formula is C15H26N2O2. The summed E-state index contributed by atoms with van der Waals surface area (Å²) in [6, 6.07) is 0.157. The van der Waals surface area contributed by atoms with Crippen LogP contribution in [0.5, 0.6) is 0 Å². The van der Waals surface area contributed by atoms with Crippen LogP contribution in [-0.2, 0) is 9.59 Å². The average molecular weight is 266 g/mol. The molecule has 3 unspecified atom stereocenters. The van der Waals surface area contributed by atoms with E-state index >= 15 is 0 Å². The molecular weight excluding hydrogens is 240 g/mol. The highest BCUT2D eigenvalue weighted by Crippen LogP contribution is 2.40. The maximum absolute atomic E-state index is 12.3. The maximum atomic E-state index is 12.3. The predicted octanol–water partition coefficient (Wildman–Crippen LogP) is 1.80. The summed E-state index contributed by atoms with van der Waals surface area (Å²) >= 11 is 0. The van der Waals surface area contributed by atoms with Gasteiger partial charge in [-0.25, -0.2) is 0 Å². The maximum Gasteiger partial charge on any atom is 0.233 e. The highest BCUT2D eigenvalue weighted by molar-refractivity contribution is 6.05. The molecule has 4 nitrogen and oxygen atoms in total. The minimum Gasteiger partial charge on any atom is -0.312 e. The molecule has 1 N–H and O–H groups in total. The summed E-state index contributed by atoms with van der Waals surface area (Å²) < 4.78 is 0. The van der Waals surface area contributed by atoms with E-state index in [0.29, 0.717) is 6.54 Å². The molecule has 0 aromatic rings. The molecule has 0 aromatic heterocycles. The third-order valence-corrected chi connectivity index (χ3v) is 4.54. The van der Waals surface area contributed by atoms with E-state index in [1.54, 1.807) is 0 Å². The smallest absolute Gasteiger partial charge is 0.233 e. The Morgan fingerprint density at radius 3 is 2.16 bits per heavy atom. The van der Waals surface area contributed by atoms with E-state index in [2.05, 4.69) is 33.0 Å². The fourth-order valence-corrected chi connectivity index (χ4v) is 3.31. The van der Waals surface area contributed by atoms with Gasteiger partial charge >= 0.3 is 0 Å². The van der Waals surface area contributed by atoms with E-state index in [1.807, 2.05) is 0 Å². The van der Waals surface area contributed by atoms with Crippen LogP contribution in [0.1, 0.15) is 47.0 Å². The molecule has 1 saturated heterocycles. The number of imide groups is 1. The van der Waals surface area contributed by atoms with Crippen molar-refractivity contribution in [2.75, 3.05) is 13.1 Å². The van der Waals surface area contributed by atoms with Gasteiger partial charge in [0.25, 0.3) is 0 Å². The first-order valence-corrected chi connectivity index (χ1v) is 7.45. The zero-order chi connectivity index (χ0) is 14.2. The molecule has 0 aromatic carbocycles. The normalized spacial score (nSPS) is 28.9. The van der Waals surface area contributed by atoms with Gasteiger partial charge in [-0.3, -0.25) is 14.5 Å². The monoisotopic (exact) mass is 266 g/mol. The van der Waals surface area contributed by atoms with Crippen molar-refractivity contribution in [2.24, 2.45) is 17.3 Å². The molecule has 2 amide bonds. The van der Waals surface area contributed by atoms with Crippen molar-refractivity contribution in [3.05, 3.63) is 0 Å². The van der Waals surface area contributed by atoms with Crippen molar-refractivity contribution < 1.29 is 9.59 Å². The molecule has 1 aliphatic heterocycles. The van der Waals surface area contributed by atoms with E-state index < -0.39 is 0 Å². The Bertz CT molecular complexity index is 351. The van der Waals surface area contributed by atoms with Gasteiger partial charge in [0.05, 0.1) is 11.8 Å². The van der Waals surface area contributed by atoms with Crippen LogP contribution in [-0.4, -0.2) is 35.8 Å². The Morgan fingerprint density at radius 1 is 1.21 bits per heavy atom. The second-order valence-electron chi connectivity index (χ2n) is 6.91. The van der Waals surface area contributed by atoms with Crippen molar-refractivity contribution in [1.82, 2.24) is 10.2 Å². The van der Waals surface area contributed by atoms with Crippen LogP contribution < -0.4 is 5.32 Å². The molecule has 0 spiro atoms. The number of nitrogens with one attached hydrogen (secondary N) is 1. The van der Waals surface area contributed by atoms with Gasteiger partial charge in [0, 0.05) is 12.6 Å². The summed E-state index contributed by atoms with van der Waals surface area (Å²) in [5, 5.41) is 3.41. The highest BCUT2D eigenvalue weighted by Gasteiger charge is 2.50. The Morgan fingerprint density at radius 2 is 1.74 bits per heavy atom. The summed E-state index contributed by atoms with van der Waals surface area (Å²) in [5.41, 5.74) is 0.0360. The molecule has 108 valence electrons. The summed E-state index contributed by atoms with van der Waals surface area (Å²) in [7, 11) is 0. The third-order valence-electron chi connectivity index (χ3n) is 4.54. The van der Waals surface area contributed by atoms with Crippen molar-refractivity contribution in [3.63, 3.8) is 0 Å². The van der Waals surface area contributed by atoms with E-state index in [0.717, 1.165) is 25.8 Å². The Hall–Kier alpha value is -0.900. The first-order valence-electron chi connectivity index (χ1n) is 7.45. The fourth-order valence-electron chi connectivity index (χ4n) is 3.31. The Labute approximate surface area is 115 Å². The number of rotatable bonds is 4. The van der Waals surface area contributed by atoms with Crippen LogP contribution in [0.4, 0.5) is 0 Å². The SMILES string of the molecule is CCNC(CN1C(=O)C2CCCC2C1=O)C(C)(C)C. The quantitative estimate of drug-likeness (QED) is 0.789. The molecule has 19 heavy (non-hydrogen) atoms. The topological polar surface area (TPSA) is 49.4 Å². The highest BCUT2D eigenvalue weighted by atomic mass is 16.2. The minimum atomic E-state index is -0.0188. The first-order chi connectivity index (χ1) is 8.86. The van der Waals surface area contributed by atoms with Gasteiger partial charge in [0.15, 0.2) is 0 Å². The second kappa shape index (κ2) is 5.23. The van der Waals surface area contributed by atoms with E-state index in [-0.39, 0.29) is 35.1 Å². The fraction of sp³-hybridized carbons (Fsp3) is 0.867. The van der Waals surface area contributed by atoms with Crippen molar-refractivity contribution in [1.29, 1.82) is 0 Å². The molecule has 2 aliphatic rings. The standard InChI is InChI=1S/C15H26N2O2/c1-5-16-12(15(2,3)4)9-17-13(18)10-7-6-8-11(10)14(17)19/h10-12,16H,5-9H2,1-4H3. The minimum absolute atomic E-state index is 0.0188. The lowest BCUT2D eigenvalue weighted by molar-refractivity contribution is -0.141. The lowest BCUT2D eigenvalue weighted by Crippen LogP contribution is -2.50. The van der Waals surface area contributed by atoms with Gasteiger partial charge in [-0.05, 0) is 24.8 Å².